The number of rotatable bonds is 5. The van der Waals surface area contributed by atoms with Gasteiger partial charge in [-0.3, -0.25) is 9.97 Å². The van der Waals surface area contributed by atoms with Gasteiger partial charge in [-0.2, -0.15) is 0 Å². The fraction of sp³-hybridized carbons (Fsp3) is 0.273. The Morgan fingerprint density at radius 2 is 2.03 bits per heavy atom. The number of terminal acetylenes is 1. The van der Waals surface area contributed by atoms with Crippen LogP contribution in [0.2, 0.25) is 5.02 Å². The van der Waals surface area contributed by atoms with Gasteiger partial charge >= 0.3 is 0 Å². The van der Waals surface area contributed by atoms with Crippen LogP contribution in [0.5, 0.6) is 0 Å². The first kappa shape index (κ1) is 20.1. The normalized spacial score (nSPS) is 14.2. The Labute approximate surface area is 188 Å². The van der Waals surface area contributed by atoms with E-state index < -0.39 is 0 Å². The highest BCUT2D eigenvalue weighted by molar-refractivity contribution is 7.99. The summed E-state index contributed by atoms with van der Waals surface area (Å²) in [6.07, 6.45) is 9.70. The van der Waals surface area contributed by atoms with E-state index >= 15 is 0 Å². The van der Waals surface area contributed by atoms with Crippen LogP contribution in [0.1, 0.15) is 18.2 Å². The molecule has 1 fully saturated rings. The van der Waals surface area contributed by atoms with Crippen LogP contribution in [0.25, 0.3) is 22.1 Å². The van der Waals surface area contributed by atoms with Gasteiger partial charge in [0.2, 0.25) is 0 Å². The number of halogens is 1. The van der Waals surface area contributed by atoms with Gasteiger partial charge in [0.1, 0.15) is 11.5 Å². The molecule has 0 aromatic carbocycles. The second-order valence-electron chi connectivity index (χ2n) is 7.51. The van der Waals surface area contributed by atoms with Crippen molar-refractivity contribution < 1.29 is 0 Å². The zero-order chi connectivity index (χ0) is 21.5. The lowest BCUT2D eigenvalue weighted by Crippen LogP contribution is -2.50. The van der Waals surface area contributed by atoms with Gasteiger partial charge in [-0.15, -0.1) is 6.42 Å². The summed E-state index contributed by atoms with van der Waals surface area (Å²) in [5.41, 5.74) is 9.77. The number of fused-ring (bicyclic) bond motifs is 2. The van der Waals surface area contributed by atoms with Crippen molar-refractivity contribution in [3.63, 3.8) is 0 Å². The molecule has 1 aliphatic heterocycles. The van der Waals surface area contributed by atoms with Crippen molar-refractivity contribution in [2.24, 2.45) is 11.7 Å². The largest absolute Gasteiger partial charge is 0.355 e. The van der Waals surface area contributed by atoms with Gasteiger partial charge in [0.25, 0.3) is 0 Å². The fourth-order valence-corrected chi connectivity index (χ4v) is 4.81. The Bertz CT molecular complexity index is 1340. The number of hydrogen-bond acceptors (Lipinski definition) is 7. The average Bonchev–Trinajstić information content (AvgIpc) is 3.08. The number of nitrogens with one attached hydrogen (secondary N) is 1. The summed E-state index contributed by atoms with van der Waals surface area (Å²) in [7, 11) is 0. The van der Waals surface area contributed by atoms with E-state index in [-0.39, 0.29) is 0 Å². The molecule has 0 aliphatic carbocycles. The molecule has 3 N–H and O–H groups in total. The topological polar surface area (TPSA) is 96.6 Å². The Kier molecular flexibility index (Phi) is 5.18. The molecule has 0 amide bonds. The minimum atomic E-state index is 0.480. The number of aromatic amines is 1. The lowest BCUT2D eigenvalue weighted by atomic mass is 10.0. The van der Waals surface area contributed by atoms with Gasteiger partial charge in [-0.25, -0.2) is 9.97 Å². The van der Waals surface area contributed by atoms with Crippen LogP contribution in [0.4, 0.5) is 5.82 Å². The summed E-state index contributed by atoms with van der Waals surface area (Å²) in [6.45, 7) is 4.47. The van der Waals surface area contributed by atoms with Crippen molar-refractivity contribution in [3.05, 3.63) is 40.8 Å². The van der Waals surface area contributed by atoms with E-state index in [1.165, 1.54) is 11.8 Å². The third-order valence-corrected chi connectivity index (χ3v) is 6.69. The minimum Gasteiger partial charge on any atom is -0.355 e. The van der Waals surface area contributed by atoms with Gasteiger partial charge in [-0.05, 0) is 36.9 Å². The highest BCUT2D eigenvalue weighted by Crippen LogP contribution is 2.38. The van der Waals surface area contributed by atoms with E-state index in [0.717, 1.165) is 58.0 Å². The molecule has 31 heavy (non-hydrogen) atoms. The number of H-pyrrole nitrogens is 1. The van der Waals surface area contributed by atoms with Gasteiger partial charge in [0, 0.05) is 47.6 Å². The van der Waals surface area contributed by atoms with Crippen LogP contribution < -0.4 is 10.6 Å². The Hall–Kier alpha value is -2.86. The molecule has 7 nitrogen and oxygen atoms in total. The lowest BCUT2D eigenvalue weighted by Gasteiger charge is -2.39. The number of aromatic nitrogens is 5. The van der Waals surface area contributed by atoms with E-state index in [4.69, 9.17) is 33.7 Å². The lowest BCUT2D eigenvalue weighted by molar-refractivity contribution is 0.417. The van der Waals surface area contributed by atoms with Crippen molar-refractivity contribution in [3.8, 4) is 12.3 Å². The van der Waals surface area contributed by atoms with Crippen molar-refractivity contribution in [1.29, 1.82) is 0 Å². The number of hydrogen-bond donors (Lipinski definition) is 2. The quantitative estimate of drug-likeness (QED) is 0.354. The zero-order valence-corrected chi connectivity index (χ0v) is 18.5. The molecule has 156 valence electrons. The van der Waals surface area contributed by atoms with E-state index in [2.05, 4.69) is 32.7 Å². The molecule has 0 atom stereocenters. The third kappa shape index (κ3) is 3.59. The van der Waals surface area contributed by atoms with Crippen molar-refractivity contribution in [1.82, 2.24) is 24.9 Å². The van der Waals surface area contributed by atoms with Gasteiger partial charge in [-0.1, -0.05) is 24.4 Å². The van der Waals surface area contributed by atoms with E-state index in [1.807, 2.05) is 12.1 Å². The van der Waals surface area contributed by atoms with E-state index in [0.29, 0.717) is 28.2 Å². The predicted molar refractivity (Wildman–Crippen MR) is 125 cm³/mol. The second kappa shape index (κ2) is 8.00. The van der Waals surface area contributed by atoms with Crippen LogP contribution in [0.3, 0.4) is 0 Å². The summed E-state index contributed by atoms with van der Waals surface area (Å²) in [5.74, 6) is 3.91. The second-order valence-corrected chi connectivity index (χ2v) is 8.93. The Balaban J connectivity index is 1.54. The maximum Gasteiger partial charge on any atom is 0.196 e. The first-order valence-corrected chi connectivity index (χ1v) is 11.2. The van der Waals surface area contributed by atoms with Crippen molar-refractivity contribution >= 4 is 51.2 Å². The first-order chi connectivity index (χ1) is 15.1. The summed E-state index contributed by atoms with van der Waals surface area (Å²) in [6, 6.07) is 3.82. The number of anilines is 1. The zero-order valence-electron chi connectivity index (χ0n) is 16.9. The summed E-state index contributed by atoms with van der Waals surface area (Å²) >= 11 is 8.10. The van der Waals surface area contributed by atoms with Crippen LogP contribution in [-0.4, -0.2) is 44.6 Å². The standard InChI is InChI=1S/C22H20ClN7S/c1-3-12-5-16-17(25-8-12)6-14(9-26-16)31-22-28-20-18(19(23)15(4-2)27-20)21(29-22)30-10-13(7-24)11-30/h1,5-6,8-9,13H,4,7,10-11,24H2,2H3,(H,27,28,29). The van der Waals surface area contributed by atoms with Crippen molar-refractivity contribution in [2.45, 2.75) is 23.4 Å². The van der Waals surface area contributed by atoms with Gasteiger partial charge < -0.3 is 15.6 Å². The Morgan fingerprint density at radius 3 is 2.77 bits per heavy atom. The van der Waals surface area contributed by atoms with Gasteiger partial charge in [0.15, 0.2) is 5.16 Å². The number of aryl methyl sites for hydroxylation is 1. The van der Waals surface area contributed by atoms with Crippen molar-refractivity contribution in [2.75, 3.05) is 24.5 Å². The third-order valence-electron chi connectivity index (χ3n) is 5.45. The summed E-state index contributed by atoms with van der Waals surface area (Å²) in [4.78, 5) is 25.0. The molecule has 9 heteroatoms. The maximum atomic E-state index is 6.66. The molecule has 1 saturated heterocycles. The number of nitrogens with two attached hydrogens (primary N) is 1. The van der Waals surface area contributed by atoms with Crippen LogP contribution in [-0.2, 0) is 6.42 Å². The average molecular weight is 450 g/mol. The molecule has 0 radical (unpaired) electrons. The van der Waals surface area contributed by atoms with E-state index in [1.54, 1.807) is 12.4 Å². The van der Waals surface area contributed by atoms with E-state index in [9.17, 15) is 0 Å². The highest BCUT2D eigenvalue weighted by Gasteiger charge is 2.30. The molecular formula is C22H20ClN7S. The van der Waals surface area contributed by atoms with Crippen LogP contribution >= 0.6 is 23.4 Å². The van der Waals surface area contributed by atoms with Crippen LogP contribution in [0, 0.1) is 18.3 Å². The molecule has 0 bridgehead atoms. The maximum absolute atomic E-state index is 6.66. The molecule has 0 spiro atoms. The Morgan fingerprint density at radius 1 is 1.26 bits per heavy atom. The van der Waals surface area contributed by atoms with Crippen LogP contribution in [0.15, 0.2) is 34.6 Å². The summed E-state index contributed by atoms with van der Waals surface area (Å²) in [5, 5.41) is 2.19. The fourth-order valence-electron chi connectivity index (χ4n) is 3.70. The number of pyridine rings is 2. The number of nitrogens with zero attached hydrogens (tertiary/aromatic N) is 5. The monoisotopic (exact) mass is 449 g/mol. The predicted octanol–water partition coefficient (Wildman–Crippen LogP) is 3.64. The molecule has 0 unspecified atom stereocenters. The summed E-state index contributed by atoms with van der Waals surface area (Å²) < 4.78 is 0. The SMILES string of the molecule is C#Cc1cnc2cc(Sc3nc(N4CC(CN)C4)c4c(Cl)c(CC)[nH]c4n3)cnc2c1. The molecule has 4 aromatic rings. The first-order valence-electron chi connectivity index (χ1n) is 10.0. The van der Waals surface area contributed by atoms with Gasteiger partial charge in [0.05, 0.1) is 21.4 Å². The smallest absolute Gasteiger partial charge is 0.196 e. The molecule has 5 heterocycles. The molecule has 0 saturated carbocycles. The molecule has 1 aliphatic rings. The molecule has 5 rings (SSSR count). The highest BCUT2D eigenvalue weighted by atomic mass is 35.5. The molecule has 4 aromatic heterocycles. The molecular weight excluding hydrogens is 430 g/mol. The minimum absolute atomic E-state index is 0.480.